The van der Waals surface area contributed by atoms with Crippen LogP contribution >= 0.6 is 15.9 Å². The van der Waals surface area contributed by atoms with Crippen molar-refractivity contribution in [1.29, 1.82) is 0 Å². The molecule has 0 aliphatic carbocycles. The highest BCUT2D eigenvalue weighted by atomic mass is 79.9. The molecule has 2 rings (SSSR count). The van der Waals surface area contributed by atoms with Crippen molar-refractivity contribution in [1.82, 2.24) is 4.90 Å². The van der Waals surface area contributed by atoms with Crippen LogP contribution in [0.15, 0.2) is 22.7 Å². The average Bonchev–Trinajstić information content (AvgIpc) is 2.27. The first kappa shape index (κ1) is 13.6. The van der Waals surface area contributed by atoms with Crippen molar-refractivity contribution < 1.29 is 9.53 Å². The van der Waals surface area contributed by atoms with Crippen molar-refractivity contribution in [2.24, 2.45) is 0 Å². The van der Waals surface area contributed by atoms with Gasteiger partial charge in [0.25, 0.3) is 5.91 Å². The van der Waals surface area contributed by atoms with Gasteiger partial charge in [0, 0.05) is 17.6 Å². The summed E-state index contributed by atoms with van der Waals surface area (Å²) in [6, 6.07) is 5.81. The minimum atomic E-state index is -0.259. The van der Waals surface area contributed by atoms with Crippen LogP contribution in [0, 0.1) is 6.92 Å². The first-order chi connectivity index (χ1) is 8.39. The number of carbonyl (C=O) groups excluding carboxylic acids is 1. The zero-order valence-corrected chi connectivity index (χ0v) is 12.6. The Balaban J connectivity index is 2.20. The number of nitrogens with zero attached hydrogens (tertiary/aromatic N) is 1. The Labute approximate surface area is 116 Å². The SMILES string of the molecule is Cc1ccc(C(=O)N2CCOC(C)(C)C2)c(Br)c1. The lowest BCUT2D eigenvalue weighted by Gasteiger charge is -2.38. The predicted octanol–water partition coefficient (Wildman–Crippen LogP) is 3.01. The van der Waals surface area contributed by atoms with Crippen LogP contribution in [0.5, 0.6) is 0 Å². The van der Waals surface area contributed by atoms with Gasteiger partial charge in [-0.3, -0.25) is 4.79 Å². The highest BCUT2D eigenvalue weighted by molar-refractivity contribution is 9.10. The standard InChI is InChI=1S/C14H18BrNO2/c1-10-4-5-11(12(15)8-10)13(17)16-6-7-18-14(2,3)9-16/h4-5,8H,6-7,9H2,1-3H3. The van der Waals surface area contributed by atoms with Crippen LogP contribution in [0.2, 0.25) is 0 Å². The zero-order chi connectivity index (χ0) is 13.3. The number of halogens is 1. The van der Waals surface area contributed by atoms with Crippen molar-refractivity contribution >= 4 is 21.8 Å². The lowest BCUT2D eigenvalue weighted by atomic mass is 10.1. The predicted molar refractivity (Wildman–Crippen MR) is 74.8 cm³/mol. The van der Waals surface area contributed by atoms with E-state index in [-0.39, 0.29) is 11.5 Å². The highest BCUT2D eigenvalue weighted by Crippen LogP contribution is 2.23. The molecule has 0 unspecified atom stereocenters. The Morgan fingerprint density at radius 2 is 2.17 bits per heavy atom. The lowest BCUT2D eigenvalue weighted by Crippen LogP contribution is -2.50. The van der Waals surface area contributed by atoms with Gasteiger partial charge in [0.2, 0.25) is 0 Å². The minimum Gasteiger partial charge on any atom is -0.372 e. The maximum Gasteiger partial charge on any atom is 0.255 e. The van der Waals surface area contributed by atoms with Gasteiger partial charge in [-0.2, -0.15) is 0 Å². The van der Waals surface area contributed by atoms with Crippen LogP contribution in [-0.4, -0.2) is 36.1 Å². The van der Waals surface area contributed by atoms with Crippen molar-refractivity contribution in [2.75, 3.05) is 19.7 Å². The van der Waals surface area contributed by atoms with Gasteiger partial charge in [0.15, 0.2) is 0 Å². The van der Waals surface area contributed by atoms with Gasteiger partial charge in [0.05, 0.1) is 17.8 Å². The quantitative estimate of drug-likeness (QED) is 0.798. The summed E-state index contributed by atoms with van der Waals surface area (Å²) in [7, 11) is 0. The minimum absolute atomic E-state index is 0.0678. The summed E-state index contributed by atoms with van der Waals surface area (Å²) in [5.41, 5.74) is 1.60. The van der Waals surface area contributed by atoms with E-state index in [1.807, 2.05) is 43.9 Å². The molecule has 0 aromatic heterocycles. The molecular weight excluding hydrogens is 294 g/mol. The van der Waals surface area contributed by atoms with Crippen LogP contribution in [-0.2, 0) is 4.74 Å². The monoisotopic (exact) mass is 311 g/mol. The van der Waals surface area contributed by atoms with Crippen molar-refractivity contribution in [3.63, 3.8) is 0 Å². The molecule has 18 heavy (non-hydrogen) atoms. The second-order valence-electron chi connectivity index (χ2n) is 5.32. The molecule has 1 aliphatic rings. The van der Waals surface area contributed by atoms with Crippen molar-refractivity contribution in [3.05, 3.63) is 33.8 Å². The van der Waals surface area contributed by atoms with E-state index >= 15 is 0 Å². The molecule has 1 fully saturated rings. The normalized spacial score (nSPS) is 18.8. The molecule has 1 heterocycles. The fourth-order valence-corrected chi connectivity index (χ4v) is 2.82. The molecule has 0 spiro atoms. The Kier molecular flexibility index (Phi) is 3.78. The first-order valence-corrected chi connectivity index (χ1v) is 6.88. The summed E-state index contributed by atoms with van der Waals surface area (Å²) < 4.78 is 6.48. The molecule has 98 valence electrons. The van der Waals surface area contributed by atoms with E-state index in [1.54, 1.807) is 0 Å². The molecule has 0 radical (unpaired) electrons. The van der Waals surface area contributed by atoms with Gasteiger partial charge in [-0.25, -0.2) is 0 Å². The zero-order valence-electron chi connectivity index (χ0n) is 11.0. The second-order valence-corrected chi connectivity index (χ2v) is 6.17. The summed E-state index contributed by atoms with van der Waals surface area (Å²) in [4.78, 5) is 14.3. The maximum atomic E-state index is 12.5. The summed E-state index contributed by atoms with van der Waals surface area (Å²) in [5, 5.41) is 0. The summed E-state index contributed by atoms with van der Waals surface area (Å²) in [5.74, 6) is 0.0678. The number of amides is 1. The van der Waals surface area contributed by atoms with Gasteiger partial charge in [-0.05, 0) is 54.4 Å². The fourth-order valence-electron chi connectivity index (χ4n) is 2.15. The molecule has 0 N–H and O–H groups in total. The third kappa shape index (κ3) is 2.93. The Morgan fingerprint density at radius 1 is 1.44 bits per heavy atom. The van der Waals surface area contributed by atoms with Gasteiger partial charge < -0.3 is 9.64 Å². The van der Waals surface area contributed by atoms with E-state index in [1.165, 1.54) is 0 Å². The molecule has 0 bridgehead atoms. The van der Waals surface area contributed by atoms with Gasteiger partial charge >= 0.3 is 0 Å². The Hall–Kier alpha value is -0.870. The summed E-state index contributed by atoms with van der Waals surface area (Å²) in [6.07, 6.45) is 0. The van der Waals surface area contributed by atoms with E-state index in [0.29, 0.717) is 19.7 Å². The molecule has 0 saturated carbocycles. The number of benzene rings is 1. The average molecular weight is 312 g/mol. The van der Waals surface area contributed by atoms with Crippen molar-refractivity contribution in [3.8, 4) is 0 Å². The summed E-state index contributed by atoms with van der Waals surface area (Å²) >= 11 is 3.46. The first-order valence-electron chi connectivity index (χ1n) is 6.08. The molecule has 1 saturated heterocycles. The molecule has 1 aliphatic heterocycles. The van der Waals surface area contributed by atoms with Crippen LogP contribution in [0.1, 0.15) is 29.8 Å². The van der Waals surface area contributed by atoms with Crippen molar-refractivity contribution in [2.45, 2.75) is 26.4 Å². The molecule has 1 aromatic rings. The molecular formula is C14H18BrNO2. The lowest BCUT2D eigenvalue weighted by molar-refractivity contribution is -0.0764. The molecule has 1 aromatic carbocycles. The van der Waals surface area contributed by atoms with Crippen LogP contribution in [0.4, 0.5) is 0 Å². The van der Waals surface area contributed by atoms with Crippen LogP contribution < -0.4 is 0 Å². The second kappa shape index (κ2) is 5.02. The molecule has 3 nitrogen and oxygen atoms in total. The van der Waals surface area contributed by atoms with E-state index in [4.69, 9.17) is 4.74 Å². The largest absolute Gasteiger partial charge is 0.372 e. The molecule has 1 amide bonds. The highest BCUT2D eigenvalue weighted by Gasteiger charge is 2.30. The fraction of sp³-hybridized carbons (Fsp3) is 0.500. The molecule has 4 heteroatoms. The van der Waals surface area contributed by atoms with E-state index in [9.17, 15) is 4.79 Å². The maximum absolute atomic E-state index is 12.5. The Bertz CT molecular complexity index is 471. The number of morpholine rings is 1. The van der Waals surface area contributed by atoms with E-state index < -0.39 is 0 Å². The number of aryl methyl sites for hydroxylation is 1. The van der Waals surface area contributed by atoms with E-state index in [2.05, 4.69) is 15.9 Å². The number of hydrogen-bond donors (Lipinski definition) is 0. The van der Waals surface area contributed by atoms with Crippen LogP contribution in [0.3, 0.4) is 0 Å². The summed E-state index contributed by atoms with van der Waals surface area (Å²) in [6.45, 7) is 7.92. The van der Waals surface area contributed by atoms with Gasteiger partial charge in [0.1, 0.15) is 0 Å². The number of carbonyl (C=O) groups is 1. The number of ether oxygens (including phenoxy) is 1. The third-order valence-corrected chi connectivity index (χ3v) is 3.72. The smallest absolute Gasteiger partial charge is 0.255 e. The molecule has 0 atom stereocenters. The number of hydrogen-bond acceptors (Lipinski definition) is 2. The van der Waals surface area contributed by atoms with Gasteiger partial charge in [-0.1, -0.05) is 6.07 Å². The Morgan fingerprint density at radius 3 is 2.78 bits per heavy atom. The number of rotatable bonds is 1. The van der Waals surface area contributed by atoms with Crippen LogP contribution in [0.25, 0.3) is 0 Å². The third-order valence-electron chi connectivity index (χ3n) is 3.07. The van der Waals surface area contributed by atoms with Gasteiger partial charge in [-0.15, -0.1) is 0 Å². The topological polar surface area (TPSA) is 29.5 Å². The van der Waals surface area contributed by atoms with E-state index in [0.717, 1.165) is 15.6 Å².